The van der Waals surface area contributed by atoms with Gasteiger partial charge in [0, 0.05) is 16.1 Å². The topological polar surface area (TPSA) is 109 Å². The number of nitrogens with zero attached hydrogens (tertiary/aromatic N) is 3. The Labute approximate surface area is 206 Å². The maximum atomic E-state index is 14.6. The van der Waals surface area contributed by atoms with E-state index in [1.165, 1.54) is 6.07 Å². The van der Waals surface area contributed by atoms with Crippen LogP contribution in [0.15, 0.2) is 53.5 Å². The van der Waals surface area contributed by atoms with Gasteiger partial charge in [0.05, 0.1) is 23.6 Å². The highest BCUT2D eigenvalue weighted by molar-refractivity contribution is 6.31. The zero-order valence-electron chi connectivity index (χ0n) is 19.2. The van der Waals surface area contributed by atoms with Gasteiger partial charge in [0.15, 0.2) is 5.69 Å². The quantitative estimate of drug-likeness (QED) is 0.393. The molecule has 0 spiro atoms. The summed E-state index contributed by atoms with van der Waals surface area (Å²) < 4.78 is 26.4. The predicted octanol–water partition coefficient (Wildman–Crippen LogP) is 3.70. The lowest BCUT2D eigenvalue weighted by Gasteiger charge is -2.14. The van der Waals surface area contributed by atoms with E-state index >= 15 is 0 Å². The number of esters is 2. The molecule has 0 aliphatic carbocycles. The van der Waals surface area contributed by atoms with E-state index in [1.807, 2.05) is 13.8 Å². The molecule has 2 aromatic carbocycles. The lowest BCUT2D eigenvalue weighted by atomic mass is 10.00. The Balaban J connectivity index is 1.54. The van der Waals surface area contributed by atoms with E-state index in [-0.39, 0.29) is 31.4 Å². The zero-order valence-corrected chi connectivity index (χ0v) is 20.0. The molecule has 10 heteroatoms. The second kappa shape index (κ2) is 10.4. The molecule has 35 heavy (non-hydrogen) atoms. The van der Waals surface area contributed by atoms with Crippen LogP contribution in [0.1, 0.15) is 41.2 Å². The lowest BCUT2D eigenvalue weighted by Crippen LogP contribution is -2.37. The number of rotatable bonds is 7. The van der Waals surface area contributed by atoms with E-state index in [0.717, 1.165) is 0 Å². The van der Waals surface area contributed by atoms with Gasteiger partial charge in [0.2, 0.25) is 0 Å². The number of carbonyl (C=O) groups is 2. The van der Waals surface area contributed by atoms with Crippen molar-refractivity contribution in [1.82, 2.24) is 9.78 Å². The molecule has 182 valence electrons. The predicted molar refractivity (Wildman–Crippen MR) is 128 cm³/mol. The maximum Gasteiger partial charge on any atom is 0.358 e. The van der Waals surface area contributed by atoms with Gasteiger partial charge in [-0.1, -0.05) is 37.6 Å². The number of fused-ring (bicyclic) bond motifs is 3. The molecule has 2 heterocycles. The van der Waals surface area contributed by atoms with Crippen LogP contribution in [0.2, 0.25) is 5.02 Å². The van der Waals surface area contributed by atoms with Crippen LogP contribution in [-0.2, 0) is 20.8 Å². The monoisotopic (exact) mass is 498 g/mol. The fraction of sp³-hybridized carbons (Fsp3) is 0.280. The smallest absolute Gasteiger partial charge is 0.358 e. The first kappa shape index (κ1) is 24.6. The molecule has 1 atom stereocenters. The highest BCUT2D eigenvalue weighted by atomic mass is 35.5. The van der Waals surface area contributed by atoms with E-state index in [4.69, 9.17) is 26.8 Å². The molecule has 0 radical (unpaired) electrons. The van der Waals surface area contributed by atoms with Gasteiger partial charge in [-0.05, 0) is 42.3 Å². The van der Waals surface area contributed by atoms with Crippen LogP contribution in [0, 0.1) is 11.7 Å². The van der Waals surface area contributed by atoms with Gasteiger partial charge in [-0.15, -0.1) is 0 Å². The molecule has 1 unspecified atom stereocenters. The number of nitrogens with two attached hydrogens (primary N) is 1. The molecule has 0 saturated heterocycles. The number of hydrogen-bond acceptors (Lipinski definition) is 7. The lowest BCUT2D eigenvalue weighted by molar-refractivity contribution is -0.147. The molecule has 0 fully saturated rings. The first-order chi connectivity index (χ1) is 16.8. The van der Waals surface area contributed by atoms with Crippen LogP contribution in [0.4, 0.5) is 4.39 Å². The van der Waals surface area contributed by atoms with Crippen molar-refractivity contribution >= 4 is 29.3 Å². The third kappa shape index (κ3) is 5.26. The molecule has 1 aliphatic heterocycles. The highest BCUT2D eigenvalue weighted by Crippen LogP contribution is 2.28. The van der Waals surface area contributed by atoms with E-state index < -0.39 is 23.8 Å². The van der Waals surface area contributed by atoms with Gasteiger partial charge in [-0.3, -0.25) is 9.79 Å². The van der Waals surface area contributed by atoms with Gasteiger partial charge < -0.3 is 15.2 Å². The highest BCUT2D eigenvalue weighted by Gasteiger charge is 2.25. The minimum Gasteiger partial charge on any atom is -0.461 e. The van der Waals surface area contributed by atoms with E-state index in [9.17, 15) is 14.0 Å². The molecule has 1 aliphatic rings. The Morgan fingerprint density at radius 3 is 2.60 bits per heavy atom. The van der Waals surface area contributed by atoms with Crippen molar-refractivity contribution in [1.29, 1.82) is 0 Å². The number of ether oxygens (including phenoxy) is 2. The van der Waals surface area contributed by atoms with Crippen molar-refractivity contribution in [2.24, 2.45) is 16.6 Å². The normalized spacial score (nSPS) is 13.4. The second-order valence-corrected chi connectivity index (χ2v) is 8.75. The van der Waals surface area contributed by atoms with Crippen LogP contribution in [0.3, 0.4) is 0 Å². The number of carbonyl (C=O) groups excluding carboxylic acids is 2. The largest absolute Gasteiger partial charge is 0.461 e. The van der Waals surface area contributed by atoms with Gasteiger partial charge in [0.1, 0.15) is 25.1 Å². The van der Waals surface area contributed by atoms with Crippen LogP contribution >= 0.6 is 11.6 Å². The van der Waals surface area contributed by atoms with Crippen molar-refractivity contribution in [3.8, 4) is 5.69 Å². The number of benzene rings is 2. The van der Waals surface area contributed by atoms with Crippen molar-refractivity contribution in [2.75, 3.05) is 13.2 Å². The number of aliphatic imine (C=N–C) groups is 1. The van der Waals surface area contributed by atoms with Crippen LogP contribution in [-0.4, -0.2) is 46.7 Å². The molecular formula is C25H24ClFN4O4. The summed E-state index contributed by atoms with van der Waals surface area (Å²) in [7, 11) is 0. The van der Waals surface area contributed by atoms with Crippen molar-refractivity contribution < 1.29 is 23.5 Å². The maximum absolute atomic E-state index is 14.6. The van der Waals surface area contributed by atoms with Gasteiger partial charge in [-0.25, -0.2) is 13.9 Å². The Hall–Kier alpha value is -3.56. The summed E-state index contributed by atoms with van der Waals surface area (Å²) in [5.41, 5.74) is 8.37. The van der Waals surface area contributed by atoms with Gasteiger partial charge in [-0.2, -0.15) is 5.10 Å². The standard InChI is InChI=1S/C25H24ClFN4O4/c1-14(2)22(28)25(33)35-10-9-34-24(32)20-12-16-13-29-23(17-5-3-4-6-19(17)27)18-11-15(26)7-8-21(18)31(16)30-20/h3-8,11-12,14,22H,9-10,13,28H2,1-2H3. The van der Waals surface area contributed by atoms with Gasteiger partial charge >= 0.3 is 11.9 Å². The Morgan fingerprint density at radius 1 is 1.11 bits per heavy atom. The first-order valence-corrected chi connectivity index (χ1v) is 11.4. The summed E-state index contributed by atoms with van der Waals surface area (Å²) in [5, 5.41) is 4.86. The van der Waals surface area contributed by atoms with Crippen LogP contribution < -0.4 is 5.73 Å². The molecule has 8 nitrogen and oxygen atoms in total. The molecule has 0 bridgehead atoms. The second-order valence-electron chi connectivity index (χ2n) is 8.31. The first-order valence-electron chi connectivity index (χ1n) is 11.0. The summed E-state index contributed by atoms with van der Waals surface area (Å²) in [6.07, 6.45) is 0. The summed E-state index contributed by atoms with van der Waals surface area (Å²) in [5.74, 6) is -1.70. The summed E-state index contributed by atoms with van der Waals surface area (Å²) >= 11 is 6.24. The molecule has 0 saturated carbocycles. The fourth-order valence-corrected chi connectivity index (χ4v) is 3.74. The summed E-state index contributed by atoms with van der Waals surface area (Å²) in [6.45, 7) is 3.52. The van der Waals surface area contributed by atoms with E-state index in [1.54, 1.807) is 47.1 Å². The third-order valence-corrected chi connectivity index (χ3v) is 5.75. The Kier molecular flexibility index (Phi) is 7.28. The van der Waals surface area contributed by atoms with Gasteiger partial charge in [0.25, 0.3) is 0 Å². The Bertz CT molecular complexity index is 1300. The van der Waals surface area contributed by atoms with Crippen LogP contribution in [0.25, 0.3) is 5.69 Å². The molecular weight excluding hydrogens is 475 g/mol. The average molecular weight is 499 g/mol. The number of hydrogen-bond donors (Lipinski definition) is 1. The van der Waals surface area contributed by atoms with Crippen molar-refractivity contribution in [3.05, 3.63) is 81.9 Å². The van der Waals surface area contributed by atoms with Crippen LogP contribution in [0.5, 0.6) is 0 Å². The molecule has 2 N–H and O–H groups in total. The summed E-state index contributed by atoms with van der Waals surface area (Å²) in [4.78, 5) is 29.0. The zero-order chi connectivity index (χ0) is 25.1. The molecule has 4 rings (SSSR count). The molecule has 3 aromatic rings. The SMILES string of the molecule is CC(C)C(N)C(=O)OCCOC(=O)c1cc2n(n1)-c1ccc(Cl)cc1C(c1ccccc1F)=NC2. The van der Waals surface area contributed by atoms with Crippen molar-refractivity contribution in [3.63, 3.8) is 0 Å². The van der Waals surface area contributed by atoms with E-state index in [2.05, 4.69) is 10.1 Å². The minimum absolute atomic E-state index is 0.0645. The average Bonchev–Trinajstić information content (AvgIpc) is 3.20. The minimum atomic E-state index is -0.738. The summed E-state index contributed by atoms with van der Waals surface area (Å²) in [6, 6.07) is 12.3. The fourth-order valence-electron chi connectivity index (χ4n) is 3.57. The molecule has 1 aromatic heterocycles. The number of aromatic nitrogens is 2. The number of halogens is 2. The Morgan fingerprint density at radius 2 is 1.86 bits per heavy atom. The third-order valence-electron chi connectivity index (χ3n) is 5.51. The van der Waals surface area contributed by atoms with Crippen molar-refractivity contribution in [2.45, 2.75) is 26.4 Å². The van der Waals surface area contributed by atoms with E-state index in [0.29, 0.717) is 33.2 Å². The molecule has 0 amide bonds.